The lowest BCUT2D eigenvalue weighted by atomic mass is 9.98. The summed E-state index contributed by atoms with van der Waals surface area (Å²) in [6.45, 7) is 0.0494. The normalized spacial score (nSPS) is 43.2. The van der Waals surface area contributed by atoms with Gasteiger partial charge in [-0.25, -0.2) is 0 Å². The van der Waals surface area contributed by atoms with Crippen molar-refractivity contribution in [3.05, 3.63) is 23.8 Å². The third kappa shape index (κ3) is 2.74. The SMILES string of the molecule is [2H]C1(c2ccc(OC)c(OC3C([2H])([2H])C([2H])([2H])C([2H])([2H])C3([2H])[2H])c2)CNC(=O)C1. The minimum absolute atomic E-state index is 0.0494. The lowest BCUT2D eigenvalue weighted by molar-refractivity contribution is -0.119. The molecule has 0 bridgehead atoms. The van der Waals surface area contributed by atoms with Gasteiger partial charge in [0.2, 0.25) is 5.91 Å². The summed E-state index contributed by atoms with van der Waals surface area (Å²) >= 11 is 0. The smallest absolute Gasteiger partial charge is 0.220 e. The first-order chi connectivity index (χ1) is 13.1. The molecule has 1 aliphatic carbocycles. The first-order valence-electron chi connectivity index (χ1n) is 10.7. The van der Waals surface area contributed by atoms with E-state index in [4.69, 9.17) is 21.8 Å². The fraction of sp³-hybridized carbons (Fsp3) is 0.562. The first-order valence-corrected chi connectivity index (χ1v) is 6.24. The van der Waals surface area contributed by atoms with E-state index in [1.165, 1.54) is 25.3 Å². The number of benzene rings is 1. The Morgan fingerprint density at radius 1 is 1.35 bits per heavy atom. The van der Waals surface area contributed by atoms with E-state index < -0.39 is 37.5 Å². The van der Waals surface area contributed by atoms with Crippen molar-refractivity contribution >= 4 is 5.91 Å². The van der Waals surface area contributed by atoms with Gasteiger partial charge in [0.15, 0.2) is 11.5 Å². The molecule has 1 amide bonds. The van der Waals surface area contributed by atoms with Crippen LogP contribution in [-0.4, -0.2) is 25.7 Å². The van der Waals surface area contributed by atoms with E-state index in [0.29, 0.717) is 5.56 Å². The second-order valence-corrected chi connectivity index (χ2v) is 4.46. The highest BCUT2D eigenvalue weighted by Gasteiger charge is 2.25. The van der Waals surface area contributed by atoms with E-state index in [-0.39, 0.29) is 30.4 Å². The zero-order valence-electron chi connectivity index (χ0n) is 19.9. The number of hydrogen-bond acceptors (Lipinski definition) is 3. The monoisotopic (exact) mass is 284 g/mol. The van der Waals surface area contributed by atoms with Crippen LogP contribution in [0.25, 0.3) is 0 Å². The van der Waals surface area contributed by atoms with Crippen LogP contribution in [0, 0.1) is 0 Å². The molecule has 1 atom stereocenters. The number of carbonyl (C=O) groups is 1. The van der Waals surface area contributed by atoms with Crippen molar-refractivity contribution in [2.75, 3.05) is 13.7 Å². The van der Waals surface area contributed by atoms with Gasteiger partial charge < -0.3 is 14.8 Å². The van der Waals surface area contributed by atoms with Gasteiger partial charge in [0.25, 0.3) is 0 Å². The number of ether oxygens (including phenoxy) is 2. The summed E-state index contributed by atoms with van der Waals surface area (Å²) in [6, 6.07) is 4.28. The van der Waals surface area contributed by atoms with Gasteiger partial charge in [-0.1, -0.05) is 6.07 Å². The molecule has 1 N–H and O–H groups in total. The van der Waals surface area contributed by atoms with E-state index in [2.05, 4.69) is 5.32 Å². The fourth-order valence-electron chi connectivity index (χ4n) is 2.14. The van der Waals surface area contributed by atoms with Gasteiger partial charge in [0.05, 0.1) is 13.2 Å². The van der Waals surface area contributed by atoms with Crippen LogP contribution in [0.15, 0.2) is 18.2 Å². The summed E-state index contributed by atoms with van der Waals surface area (Å²) in [6.07, 6.45) is -14.6. The highest BCUT2D eigenvalue weighted by molar-refractivity contribution is 5.79. The molecular weight excluding hydrogens is 254 g/mol. The van der Waals surface area contributed by atoms with Crippen molar-refractivity contribution in [3.63, 3.8) is 0 Å². The summed E-state index contributed by atoms with van der Waals surface area (Å²) in [7, 11) is 1.30. The van der Waals surface area contributed by atoms with Gasteiger partial charge in [-0.2, -0.15) is 0 Å². The quantitative estimate of drug-likeness (QED) is 0.924. The molecule has 108 valence electrons. The molecule has 0 radical (unpaired) electrons. The van der Waals surface area contributed by atoms with Crippen molar-refractivity contribution in [1.82, 2.24) is 5.32 Å². The predicted molar refractivity (Wildman–Crippen MR) is 76.2 cm³/mol. The molecule has 1 saturated carbocycles. The topological polar surface area (TPSA) is 47.6 Å². The molecule has 2 aliphatic rings. The molecule has 1 aromatic carbocycles. The van der Waals surface area contributed by atoms with Gasteiger partial charge in [-0.05, 0) is 43.2 Å². The molecule has 1 unspecified atom stereocenters. The number of hydrogen-bond donors (Lipinski definition) is 1. The third-order valence-electron chi connectivity index (χ3n) is 3.16. The maximum atomic E-state index is 11.6. The molecule has 3 rings (SSSR count). The number of methoxy groups -OCH3 is 1. The largest absolute Gasteiger partial charge is 0.493 e. The maximum Gasteiger partial charge on any atom is 0.220 e. The van der Waals surface area contributed by atoms with Crippen molar-refractivity contribution in [2.24, 2.45) is 0 Å². The summed E-state index contributed by atoms with van der Waals surface area (Å²) in [4.78, 5) is 11.6. The summed E-state index contributed by atoms with van der Waals surface area (Å²) < 4.78 is 82.9. The molecule has 0 aromatic heterocycles. The minimum Gasteiger partial charge on any atom is -0.493 e. The molecule has 1 aliphatic heterocycles. The number of amides is 1. The minimum atomic E-state index is -3.17. The van der Waals surface area contributed by atoms with E-state index in [9.17, 15) is 4.79 Å². The fourth-order valence-corrected chi connectivity index (χ4v) is 2.14. The molecule has 1 heterocycles. The Balaban J connectivity index is 2.05. The molecule has 1 saturated heterocycles. The number of rotatable bonds is 4. The van der Waals surface area contributed by atoms with Crippen LogP contribution < -0.4 is 14.8 Å². The highest BCUT2D eigenvalue weighted by atomic mass is 16.5. The van der Waals surface area contributed by atoms with Crippen LogP contribution in [0.2, 0.25) is 0 Å². The van der Waals surface area contributed by atoms with Crippen LogP contribution >= 0.6 is 0 Å². The van der Waals surface area contributed by atoms with Crippen molar-refractivity contribution in [2.45, 2.75) is 43.9 Å². The van der Waals surface area contributed by atoms with Crippen molar-refractivity contribution in [3.8, 4) is 11.5 Å². The maximum absolute atomic E-state index is 11.6. The summed E-state index contributed by atoms with van der Waals surface area (Å²) in [5.41, 5.74) is 0.344. The molecule has 1 aromatic rings. The predicted octanol–water partition coefficient (Wildman–Crippen LogP) is 2.62. The van der Waals surface area contributed by atoms with Gasteiger partial charge >= 0.3 is 0 Å². The second-order valence-electron chi connectivity index (χ2n) is 4.46. The Labute approximate surface area is 132 Å². The van der Waals surface area contributed by atoms with E-state index >= 15 is 0 Å². The Hall–Kier alpha value is -1.71. The van der Waals surface area contributed by atoms with Crippen LogP contribution in [0.5, 0.6) is 11.5 Å². The first kappa shape index (κ1) is 6.37. The van der Waals surface area contributed by atoms with Gasteiger partial charge in [-0.3, -0.25) is 4.79 Å². The molecule has 2 fully saturated rings. The van der Waals surface area contributed by atoms with Gasteiger partial charge in [-0.15, -0.1) is 0 Å². The Kier molecular flexibility index (Phi) is 1.83. The zero-order chi connectivity index (χ0) is 22.0. The third-order valence-corrected chi connectivity index (χ3v) is 3.16. The average molecular weight is 284 g/mol. The number of nitrogens with one attached hydrogen (secondary N) is 1. The Morgan fingerprint density at radius 2 is 2.15 bits per heavy atom. The molecule has 4 nitrogen and oxygen atoms in total. The van der Waals surface area contributed by atoms with Crippen molar-refractivity contribution < 1.29 is 26.6 Å². The van der Waals surface area contributed by atoms with Gasteiger partial charge in [0.1, 0.15) is 0 Å². The van der Waals surface area contributed by atoms with Gasteiger partial charge in [0, 0.05) is 31.2 Å². The molecule has 0 spiro atoms. The van der Waals surface area contributed by atoms with Crippen LogP contribution in [0.1, 0.15) is 55.7 Å². The van der Waals surface area contributed by atoms with E-state index in [1.54, 1.807) is 0 Å². The molecule has 4 heteroatoms. The summed E-state index contributed by atoms with van der Waals surface area (Å²) in [5, 5.41) is 2.56. The number of carbonyl (C=O) groups excluding carboxylic acids is 1. The lowest BCUT2D eigenvalue weighted by Crippen LogP contribution is -2.14. The Morgan fingerprint density at radius 3 is 2.80 bits per heavy atom. The standard InChI is InChI=1S/C16H21NO3/c1-19-14-7-6-11(12-9-16(18)17-10-12)8-15(14)20-13-4-2-3-5-13/h6-8,12-13H,2-5,9-10H2,1H3,(H,17,18)/i2D2,3D2,4D2,5D2,12D. The van der Waals surface area contributed by atoms with Crippen LogP contribution in [0.4, 0.5) is 0 Å². The zero-order valence-corrected chi connectivity index (χ0v) is 10.9. The summed E-state index contributed by atoms with van der Waals surface area (Å²) in [5.74, 6) is -1.70. The molecule has 20 heavy (non-hydrogen) atoms. The lowest BCUT2D eigenvalue weighted by Gasteiger charge is -2.18. The highest BCUT2D eigenvalue weighted by Crippen LogP contribution is 2.35. The Bertz CT molecular complexity index is 819. The molecular formula is C16H21NO3. The van der Waals surface area contributed by atoms with E-state index in [0.717, 1.165) is 0 Å². The second kappa shape index (κ2) is 5.73. The average Bonchev–Trinajstić information content (AvgIpc) is 3.00. The van der Waals surface area contributed by atoms with Crippen molar-refractivity contribution in [1.29, 1.82) is 0 Å². The van der Waals surface area contributed by atoms with Crippen LogP contribution in [-0.2, 0) is 4.79 Å². The van der Waals surface area contributed by atoms with Crippen LogP contribution in [0.3, 0.4) is 0 Å². The van der Waals surface area contributed by atoms with E-state index in [1.807, 2.05) is 0 Å².